The van der Waals surface area contributed by atoms with Crippen molar-refractivity contribution in [3.8, 4) is 22.6 Å². The van der Waals surface area contributed by atoms with E-state index >= 15 is 0 Å². The number of rotatable bonds is 11. The third-order valence-electron chi connectivity index (χ3n) is 12.5. The summed E-state index contributed by atoms with van der Waals surface area (Å²) >= 11 is 0. The summed E-state index contributed by atoms with van der Waals surface area (Å²) in [6.45, 7) is 4.97. The number of piperidine rings is 2. The van der Waals surface area contributed by atoms with Crippen LogP contribution in [-0.4, -0.2) is 122 Å². The Kier molecular flexibility index (Phi) is 10.1. The molecule has 0 radical (unpaired) electrons. The molecule has 2 aromatic carbocycles. The number of methoxy groups -OCH3 is 2. The van der Waals surface area contributed by atoms with Gasteiger partial charge in [-0.05, 0) is 85.7 Å². The first kappa shape index (κ1) is 35.7. The Morgan fingerprint density at radius 2 is 1.60 bits per heavy atom. The lowest BCUT2D eigenvalue weighted by Crippen LogP contribution is -2.52. The molecule has 58 heavy (non-hydrogen) atoms. The van der Waals surface area contributed by atoms with Crippen molar-refractivity contribution in [2.45, 2.75) is 51.2 Å². The summed E-state index contributed by atoms with van der Waals surface area (Å²) in [5, 5.41) is 3.17. The number of anilines is 2. The summed E-state index contributed by atoms with van der Waals surface area (Å²) in [6.07, 6.45) is 6.79. The second kappa shape index (κ2) is 16.4. The summed E-state index contributed by atoms with van der Waals surface area (Å²) in [5.74, 6) is 1.69. The maximum Gasteiger partial charge on any atom is 0.259 e. The van der Waals surface area contributed by atoms with Gasteiger partial charge in [0, 0.05) is 119 Å². The van der Waals surface area contributed by atoms with E-state index in [1.807, 2.05) is 43.3 Å². The molecule has 8 rings (SSSR count). The number of hydrogen-bond donors (Lipinski definition) is 1. The number of fused-ring (bicyclic) bond motifs is 2. The van der Waals surface area contributed by atoms with Crippen molar-refractivity contribution in [2.24, 2.45) is 12.9 Å². The number of aryl methyl sites for hydroxylation is 1. The van der Waals surface area contributed by atoms with Crippen LogP contribution >= 0.6 is 0 Å². The molecular formula is C44H54N8O6. The molecule has 3 fully saturated rings. The van der Waals surface area contributed by atoms with Crippen molar-refractivity contribution in [1.29, 1.82) is 0 Å². The number of ether oxygens (including phenoxy) is 2. The number of pyridine rings is 2. The Bertz CT molecular complexity index is 2380. The van der Waals surface area contributed by atoms with Gasteiger partial charge in [0.05, 0.1) is 25.2 Å². The summed E-state index contributed by atoms with van der Waals surface area (Å²) in [6, 6.07) is 11.0. The van der Waals surface area contributed by atoms with Gasteiger partial charge in [-0.1, -0.05) is 0 Å². The summed E-state index contributed by atoms with van der Waals surface area (Å²) < 4.78 is 36.9. The predicted octanol–water partition coefficient (Wildman–Crippen LogP) is 3.87. The Morgan fingerprint density at radius 3 is 2.28 bits per heavy atom. The highest BCUT2D eigenvalue weighted by Crippen LogP contribution is 2.39. The van der Waals surface area contributed by atoms with Gasteiger partial charge in [0.2, 0.25) is 11.8 Å². The van der Waals surface area contributed by atoms with Crippen molar-refractivity contribution in [3.63, 3.8) is 0 Å². The maximum absolute atomic E-state index is 13.3. The minimum Gasteiger partial charge on any atom is -0.496 e. The first-order valence-corrected chi connectivity index (χ1v) is 20.2. The Labute approximate surface area is 343 Å². The van der Waals surface area contributed by atoms with E-state index in [9.17, 15) is 19.2 Å². The first-order chi connectivity index (χ1) is 29.2. The summed E-state index contributed by atoms with van der Waals surface area (Å²) in [7, 11) is 6.95. The van der Waals surface area contributed by atoms with Gasteiger partial charge >= 0.3 is 0 Å². The van der Waals surface area contributed by atoms with Gasteiger partial charge in [0.1, 0.15) is 23.4 Å². The van der Waals surface area contributed by atoms with Crippen LogP contribution in [0.1, 0.15) is 57.7 Å². The lowest BCUT2D eigenvalue weighted by atomic mass is 9.92. The SMILES string of the molecule is [2H]C([2H])([2H])n1cc(-c2cc(OC)c(CN3CCN(CCC4CCN(c5ccc6c(c5)CN(C5CCC(=O)NC5=O)C6=O)CC4)CC3)c(OC)c2)c2cc(N(C)C)ncc2c1=O. The second-order valence-electron chi connectivity index (χ2n) is 16.1. The average Bonchev–Trinajstić information content (AvgIpc) is 3.57. The number of benzene rings is 2. The fraction of sp³-hybridized carbons (Fsp3) is 0.477. The second-order valence-corrected chi connectivity index (χ2v) is 16.1. The molecule has 0 saturated carbocycles. The normalized spacial score (nSPS) is 20.4. The summed E-state index contributed by atoms with van der Waals surface area (Å²) in [5.41, 5.74) is 4.17. The largest absolute Gasteiger partial charge is 0.496 e. The molecule has 1 N–H and O–H groups in total. The van der Waals surface area contributed by atoms with Gasteiger partial charge < -0.3 is 33.6 Å². The monoisotopic (exact) mass is 793 g/mol. The van der Waals surface area contributed by atoms with Crippen molar-refractivity contribution < 1.29 is 28.0 Å². The van der Waals surface area contributed by atoms with Gasteiger partial charge in [-0.15, -0.1) is 0 Å². The van der Waals surface area contributed by atoms with Crippen molar-refractivity contribution in [3.05, 3.63) is 75.8 Å². The molecular weight excluding hydrogens is 737 g/mol. The summed E-state index contributed by atoms with van der Waals surface area (Å²) in [4.78, 5) is 65.8. The molecule has 0 aliphatic carbocycles. The zero-order chi connectivity index (χ0) is 43.2. The molecule has 4 aromatic rings. The zero-order valence-corrected chi connectivity index (χ0v) is 33.8. The van der Waals surface area contributed by atoms with Gasteiger partial charge in [-0.3, -0.25) is 29.4 Å². The van der Waals surface area contributed by atoms with Crippen molar-refractivity contribution in [2.75, 3.05) is 83.9 Å². The van der Waals surface area contributed by atoms with Crippen LogP contribution in [0.15, 0.2) is 53.6 Å². The molecule has 0 bridgehead atoms. The molecule has 14 heteroatoms. The van der Waals surface area contributed by atoms with E-state index in [4.69, 9.17) is 13.6 Å². The average molecular weight is 794 g/mol. The fourth-order valence-corrected chi connectivity index (χ4v) is 8.99. The fourth-order valence-electron chi connectivity index (χ4n) is 8.99. The lowest BCUT2D eigenvalue weighted by molar-refractivity contribution is -0.136. The van der Waals surface area contributed by atoms with E-state index in [1.54, 1.807) is 25.2 Å². The highest BCUT2D eigenvalue weighted by Gasteiger charge is 2.39. The Balaban J connectivity index is 0.864. The minimum atomic E-state index is -2.69. The van der Waals surface area contributed by atoms with Crippen LogP contribution in [0.5, 0.6) is 11.5 Å². The third kappa shape index (κ3) is 7.74. The smallest absolute Gasteiger partial charge is 0.259 e. The van der Waals surface area contributed by atoms with Crippen LogP contribution in [-0.2, 0) is 29.7 Å². The molecule has 1 unspecified atom stereocenters. The van der Waals surface area contributed by atoms with E-state index < -0.39 is 24.5 Å². The highest BCUT2D eigenvalue weighted by atomic mass is 16.5. The van der Waals surface area contributed by atoms with Crippen LogP contribution in [0.25, 0.3) is 21.9 Å². The Morgan fingerprint density at radius 1 is 0.879 bits per heavy atom. The number of hydrogen-bond acceptors (Lipinski definition) is 11. The molecule has 2 aromatic heterocycles. The maximum atomic E-state index is 13.3. The number of aromatic nitrogens is 2. The number of imide groups is 1. The molecule has 4 aliphatic rings. The Hall–Kier alpha value is -5.47. The van der Waals surface area contributed by atoms with E-state index in [1.165, 1.54) is 12.4 Å². The van der Waals surface area contributed by atoms with Crippen LogP contribution in [0, 0.1) is 5.92 Å². The predicted molar refractivity (Wildman–Crippen MR) is 224 cm³/mol. The van der Waals surface area contributed by atoms with E-state index in [0.717, 1.165) is 86.5 Å². The highest BCUT2D eigenvalue weighted by molar-refractivity contribution is 6.05. The van der Waals surface area contributed by atoms with Gasteiger partial charge in [-0.2, -0.15) is 0 Å². The van der Waals surface area contributed by atoms with Crippen LogP contribution in [0.3, 0.4) is 0 Å². The topological polar surface area (TPSA) is 133 Å². The number of piperazine rings is 1. The molecule has 0 spiro atoms. The van der Waals surface area contributed by atoms with E-state index in [2.05, 4.69) is 31.1 Å². The molecule has 4 aliphatic heterocycles. The zero-order valence-electron chi connectivity index (χ0n) is 36.8. The van der Waals surface area contributed by atoms with Gasteiger partial charge in [0.15, 0.2) is 0 Å². The van der Waals surface area contributed by atoms with Crippen LogP contribution in [0.2, 0.25) is 0 Å². The number of amides is 3. The van der Waals surface area contributed by atoms with Gasteiger partial charge in [0.25, 0.3) is 11.5 Å². The number of nitrogens with one attached hydrogen (secondary N) is 1. The first-order valence-electron chi connectivity index (χ1n) is 21.7. The van der Waals surface area contributed by atoms with Crippen molar-refractivity contribution >= 4 is 40.0 Å². The number of carbonyl (C=O) groups is 3. The molecule has 6 heterocycles. The molecule has 1 atom stereocenters. The number of carbonyl (C=O) groups excluding carboxylic acids is 3. The molecule has 306 valence electrons. The molecule has 14 nitrogen and oxygen atoms in total. The standard InChI is InChI=1S/C44H54N8O6/c1-47(2)40-23-33-34(24-45-40)43(55)48(3)26-35(33)29-21-38(57-4)36(39(22-29)58-5)27-50-18-16-49(17-19-50)13-10-28-11-14-51(15-12-28)31-6-7-32-30(20-31)25-52(44(32)56)37-8-9-41(53)46-42(37)54/h6-7,20-24,26,28,37H,8-19,25,27H2,1-5H3,(H,46,53,54)/i3D3. The van der Waals surface area contributed by atoms with Crippen molar-refractivity contribution in [1.82, 2.24) is 29.6 Å². The van der Waals surface area contributed by atoms with Gasteiger partial charge in [-0.25, -0.2) is 4.98 Å². The molecule has 3 saturated heterocycles. The lowest BCUT2D eigenvalue weighted by Gasteiger charge is -2.37. The minimum absolute atomic E-state index is 0.145. The third-order valence-corrected chi connectivity index (χ3v) is 12.5. The van der Waals surface area contributed by atoms with E-state index in [0.29, 0.717) is 64.8 Å². The quantitative estimate of drug-likeness (QED) is 0.222. The molecule has 3 amide bonds. The van der Waals surface area contributed by atoms with E-state index in [-0.39, 0.29) is 23.6 Å². The van der Waals surface area contributed by atoms with Crippen LogP contribution < -0.4 is 30.1 Å². The number of nitrogens with zero attached hydrogens (tertiary/aromatic N) is 7. The van der Waals surface area contributed by atoms with Crippen LogP contribution in [0.4, 0.5) is 11.5 Å².